The fourth-order valence-electron chi connectivity index (χ4n) is 3.28. The van der Waals surface area contributed by atoms with Crippen molar-refractivity contribution in [3.63, 3.8) is 0 Å². The molecule has 0 spiro atoms. The molecule has 0 bridgehead atoms. The third kappa shape index (κ3) is 2.30. The predicted octanol–water partition coefficient (Wildman–Crippen LogP) is 2.79. The van der Waals surface area contributed by atoms with Crippen LogP contribution < -0.4 is 0 Å². The van der Waals surface area contributed by atoms with Crippen molar-refractivity contribution < 1.29 is 14.7 Å². The monoisotopic (exact) mass is 273 g/mol. The van der Waals surface area contributed by atoms with Gasteiger partial charge in [-0.2, -0.15) is 0 Å². The first kappa shape index (κ1) is 13.2. The smallest absolute Gasteiger partial charge is 0.335 e. The first-order valence-corrected chi connectivity index (χ1v) is 7.31. The fraction of sp³-hybridized carbons (Fsp3) is 0.500. The van der Waals surface area contributed by atoms with Crippen LogP contribution in [0.1, 0.15) is 52.8 Å². The van der Waals surface area contributed by atoms with Crippen molar-refractivity contribution in [2.75, 3.05) is 6.54 Å². The molecule has 1 saturated carbocycles. The number of carbonyl (C=O) groups excluding carboxylic acids is 1. The molecule has 1 unspecified atom stereocenters. The van der Waals surface area contributed by atoms with Crippen molar-refractivity contribution in [2.45, 2.75) is 38.1 Å². The molecule has 2 fully saturated rings. The third-order valence-corrected chi connectivity index (χ3v) is 4.63. The molecular formula is C16H19NO3. The van der Waals surface area contributed by atoms with E-state index in [1.165, 1.54) is 31.4 Å². The molecule has 3 rings (SSSR count). The quantitative estimate of drug-likeness (QED) is 0.921. The third-order valence-electron chi connectivity index (χ3n) is 4.63. The Kier molecular flexibility index (Phi) is 3.47. The lowest BCUT2D eigenvalue weighted by molar-refractivity contribution is 0.0624. The largest absolute Gasteiger partial charge is 0.478 e. The molecule has 1 saturated heterocycles. The minimum absolute atomic E-state index is 0.0522. The summed E-state index contributed by atoms with van der Waals surface area (Å²) in [7, 11) is 0. The molecule has 2 aliphatic rings. The van der Waals surface area contributed by atoms with Crippen LogP contribution in [0.3, 0.4) is 0 Å². The van der Waals surface area contributed by atoms with Crippen LogP contribution in [-0.4, -0.2) is 34.5 Å². The van der Waals surface area contributed by atoms with Gasteiger partial charge in [0.1, 0.15) is 0 Å². The summed E-state index contributed by atoms with van der Waals surface area (Å²) in [5.41, 5.74) is 0.819. The molecule has 1 heterocycles. The Hall–Kier alpha value is -1.84. The number of aromatic carboxylic acids is 1. The number of amides is 1. The molecule has 1 aromatic carbocycles. The van der Waals surface area contributed by atoms with Crippen LogP contribution in [0, 0.1) is 5.92 Å². The first-order valence-electron chi connectivity index (χ1n) is 7.31. The Labute approximate surface area is 118 Å². The van der Waals surface area contributed by atoms with Gasteiger partial charge in [-0.25, -0.2) is 4.79 Å². The summed E-state index contributed by atoms with van der Waals surface area (Å²) in [6, 6.07) is 6.66. The summed E-state index contributed by atoms with van der Waals surface area (Å²) >= 11 is 0. The average molecular weight is 273 g/mol. The number of carboxylic acid groups (broad SMARTS) is 1. The van der Waals surface area contributed by atoms with Gasteiger partial charge >= 0.3 is 5.97 Å². The maximum atomic E-state index is 12.6. The second kappa shape index (κ2) is 5.27. The zero-order chi connectivity index (χ0) is 14.1. The standard InChI is InChI=1S/C16H19NO3/c18-15(12-6-8-13(9-7-12)16(19)20)17-10-2-5-14(17)11-3-1-4-11/h6-9,11,14H,1-5,10H2,(H,19,20). The van der Waals surface area contributed by atoms with E-state index in [2.05, 4.69) is 0 Å². The number of rotatable bonds is 3. The van der Waals surface area contributed by atoms with Gasteiger partial charge in [0, 0.05) is 18.2 Å². The van der Waals surface area contributed by atoms with E-state index in [1.54, 1.807) is 12.1 Å². The fourth-order valence-corrected chi connectivity index (χ4v) is 3.28. The molecule has 106 valence electrons. The van der Waals surface area contributed by atoms with Crippen LogP contribution in [0.15, 0.2) is 24.3 Å². The van der Waals surface area contributed by atoms with E-state index in [-0.39, 0.29) is 11.5 Å². The number of hydrogen-bond acceptors (Lipinski definition) is 2. The van der Waals surface area contributed by atoms with Gasteiger partial charge in [-0.05, 0) is 55.9 Å². The van der Waals surface area contributed by atoms with Crippen LogP contribution in [0.25, 0.3) is 0 Å². The molecule has 4 nitrogen and oxygen atoms in total. The second-order valence-electron chi connectivity index (χ2n) is 5.78. The maximum absolute atomic E-state index is 12.6. The zero-order valence-electron chi connectivity index (χ0n) is 11.4. The molecule has 1 aromatic rings. The zero-order valence-corrected chi connectivity index (χ0v) is 11.4. The van der Waals surface area contributed by atoms with Crippen molar-refractivity contribution in [1.82, 2.24) is 4.90 Å². The van der Waals surface area contributed by atoms with Crippen LogP contribution in [0.5, 0.6) is 0 Å². The number of carbonyl (C=O) groups is 2. The van der Waals surface area contributed by atoms with Crippen LogP contribution in [0.2, 0.25) is 0 Å². The van der Waals surface area contributed by atoms with Crippen molar-refractivity contribution in [3.8, 4) is 0 Å². The molecule has 1 amide bonds. The van der Waals surface area contributed by atoms with Gasteiger partial charge in [-0.3, -0.25) is 4.79 Å². The number of benzene rings is 1. The lowest BCUT2D eigenvalue weighted by Gasteiger charge is -2.37. The van der Waals surface area contributed by atoms with Crippen molar-refractivity contribution >= 4 is 11.9 Å². The van der Waals surface area contributed by atoms with Gasteiger partial charge in [0.05, 0.1) is 5.56 Å². The maximum Gasteiger partial charge on any atom is 0.335 e. The Morgan fingerprint density at radius 1 is 1.00 bits per heavy atom. The first-order chi connectivity index (χ1) is 9.66. The predicted molar refractivity (Wildman–Crippen MR) is 74.8 cm³/mol. The van der Waals surface area contributed by atoms with Gasteiger partial charge in [0.2, 0.25) is 0 Å². The van der Waals surface area contributed by atoms with E-state index in [0.29, 0.717) is 17.5 Å². The summed E-state index contributed by atoms with van der Waals surface area (Å²) in [5, 5.41) is 8.88. The van der Waals surface area contributed by atoms with Gasteiger partial charge in [0.15, 0.2) is 0 Å². The minimum atomic E-state index is -0.961. The van der Waals surface area contributed by atoms with Gasteiger partial charge in [-0.15, -0.1) is 0 Å². The molecule has 1 atom stereocenters. The lowest BCUT2D eigenvalue weighted by Crippen LogP contribution is -2.42. The van der Waals surface area contributed by atoms with E-state index in [0.717, 1.165) is 19.4 Å². The molecule has 0 radical (unpaired) electrons. The van der Waals surface area contributed by atoms with Crippen LogP contribution in [0.4, 0.5) is 0 Å². The van der Waals surface area contributed by atoms with E-state index >= 15 is 0 Å². The molecule has 1 aliphatic carbocycles. The van der Waals surface area contributed by atoms with Crippen molar-refractivity contribution in [2.24, 2.45) is 5.92 Å². The van der Waals surface area contributed by atoms with E-state index in [9.17, 15) is 9.59 Å². The average Bonchev–Trinajstić information content (AvgIpc) is 2.85. The SMILES string of the molecule is O=C(O)c1ccc(C(=O)N2CCCC2C2CCC2)cc1. The highest BCUT2D eigenvalue weighted by Crippen LogP contribution is 2.37. The van der Waals surface area contributed by atoms with E-state index in [4.69, 9.17) is 5.11 Å². The van der Waals surface area contributed by atoms with Crippen LogP contribution >= 0.6 is 0 Å². The Balaban J connectivity index is 1.75. The van der Waals surface area contributed by atoms with E-state index < -0.39 is 5.97 Å². The molecular weight excluding hydrogens is 254 g/mol. The number of nitrogens with zero attached hydrogens (tertiary/aromatic N) is 1. The van der Waals surface area contributed by atoms with E-state index in [1.807, 2.05) is 4.90 Å². The molecule has 1 N–H and O–H groups in total. The summed E-state index contributed by atoms with van der Waals surface area (Å²) in [5.74, 6) is -0.228. The van der Waals surface area contributed by atoms with Gasteiger partial charge in [-0.1, -0.05) is 6.42 Å². The second-order valence-corrected chi connectivity index (χ2v) is 5.78. The molecule has 0 aromatic heterocycles. The highest BCUT2D eigenvalue weighted by atomic mass is 16.4. The highest BCUT2D eigenvalue weighted by Gasteiger charge is 2.37. The Morgan fingerprint density at radius 3 is 2.20 bits per heavy atom. The number of carboxylic acids is 1. The topological polar surface area (TPSA) is 57.6 Å². The highest BCUT2D eigenvalue weighted by molar-refractivity contribution is 5.96. The summed E-state index contributed by atoms with van der Waals surface area (Å²) in [6.07, 6.45) is 5.97. The van der Waals surface area contributed by atoms with Gasteiger partial charge in [0.25, 0.3) is 5.91 Å². The summed E-state index contributed by atoms with van der Waals surface area (Å²) in [4.78, 5) is 25.4. The number of likely N-dealkylation sites (tertiary alicyclic amines) is 1. The summed E-state index contributed by atoms with van der Waals surface area (Å²) < 4.78 is 0. The van der Waals surface area contributed by atoms with Crippen LogP contribution in [-0.2, 0) is 0 Å². The Bertz CT molecular complexity index is 519. The lowest BCUT2D eigenvalue weighted by atomic mass is 9.78. The van der Waals surface area contributed by atoms with Crippen molar-refractivity contribution in [3.05, 3.63) is 35.4 Å². The molecule has 1 aliphatic heterocycles. The minimum Gasteiger partial charge on any atom is -0.478 e. The van der Waals surface area contributed by atoms with Crippen molar-refractivity contribution in [1.29, 1.82) is 0 Å². The molecule has 20 heavy (non-hydrogen) atoms. The number of hydrogen-bond donors (Lipinski definition) is 1. The Morgan fingerprint density at radius 2 is 1.65 bits per heavy atom. The van der Waals surface area contributed by atoms with Gasteiger partial charge < -0.3 is 10.0 Å². The normalized spacial score (nSPS) is 22.6. The molecule has 4 heteroatoms. The summed E-state index contributed by atoms with van der Waals surface area (Å²) in [6.45, 7) is 0.834.